The van der Waals surface area contributed by atoms with E-state index in [2.05, 4.69) is 5.32 Å². The summed E-state index contributed by atoms with van der Waals surface area (Å²) in [6.07, 6.45) is -1.31. The Hall–Kier alpha value is 0.290. The number of rotatable bonds is 5. The van der Waals surface area contributed by atoms with Gasteiger partial charge in [0.25, 0.3) is 0 Å². The number of unbranched alkanes of at least 4 members (excludes halogenated alkanes) is 2. The molecule has 0 aliphatic carbocycles. The summed E-state index contributed by atoms with van der Waals surface area (Å²) in [6.45, 7) is 4.36. The molecule has 7 heteroatoms. The molecule has 0 saturated carbocycles. The van der Waals surface area contributed by atoms with Crippen molar-refractivity contribution in [1.29, 1.82) is 0 Å². The zero-order valence-electron chi connectivity index (χ0n) is 10.6. The second-order valence-corrected chi connectivity index (χ2v) is 4.34. The summed E-state index contributed by atoms with van der Waals surface area (Å²) in [4.78, 5) is 1.58. The van der Waals surface area contributed by atoms with Crippen LogP contribution in [0.3, 0.4) is 0 Å². The van der Waals surface area contributed by atoms with Gasteiger partial charge in [-0.05, 0) is 6.42 Å². The van der Waals surface area contributed by atoms with Gasteiger partial charge in [-0.2, -0.15) is 13.2 Å². The summed E-state index contributed by atoms with van der Waals surface area (Å²) < 4.78 is 38.6. The molecular weight excluding hydrogens is 288 g/mol. The fraction of sp³-hybridized carbons (Fsp3) is 1.00. The minimum atomic E-state index is -4.08. The molecule has 1 rings (SSSR count). The molecule has 0 bridgehead atoms. The molecule has 1 aliphatic heterocycles. The van der Waals surface area contributed by atoms with Crippen LogP contribution in [-0.4, -0.2) is 43.3 Å². The topological polar surface area (TPSA) is 15.3 Å². The normalized spacial score (nSPS) is 18.7. The third kappa shape index (κ3) is 7.02. The van der Waals surface area contributed by atoms with E-state index in [1.54, 1.807) is 4.90 Å². The lowest BCUT2D eigenvalue weighted by Crippen LogP contribution is -2.53. The Morgan fingerprint density at radius 1 is 1.11 bits per heavy atom. The number of nitrogens with one attached hydrogen (secondary N) is 1. The number of piperazine rings is 1. The standard InChI is InChI=1S/C11H21F3N2.2ClH/c1-2-3-4-5-10(11(12,13)14)16-8-6-15-7-9-16;;/h10,15H,2-9H2,1H3;2*1H/t10-;;/m0../s1. The van der Waals surface area contributed by atoms with Crippen LogP contribution in [0.2, 0.25) is 0 Å². The van der Waals surface area contributed by atoms with Gasteiger partial charge < -0.3 is 5.32 Å². The molecule has 1 heterocycles. The molecule has 112 valence electrons. The molecular formula is C11H23Cl2F3N2. The summed E-state index contributed by atoms with van der Waals surface area (Å²) in [6, 6.07) is -1.24. The number of hydrogen-bond donors (Lipinski definition) is 1. The average Bonchev–Trinajstić information content (AvgIpc) is 2.24. The Kier molecular flexibility index (Phi) is 11.6. The molecule has 0 radical (unpaired) electrons. The Morgan fingerprint density at radius 3 is 2.11 bits per heavy atom. The van der Waals surface area contributed by atoms with E-state index >= 15 is 0 Å². The first kappa shape index (κ1) is 20.6. The molecule has 1 atom stereocenters. The number of halogens is 5. The van der Waals surface area contributed by atoms with E-state index in [0.717, 1.165) is 12.8 Å². The molecule has 1 N–H and O–H groups in total. The Labute approximate surface area is 119 Å². The van der Waals surface area contributed by atoms with Crippen LogP contribution in [0.1, 0.15) is 32.6 Å². The van der Waals surface area contributed by atoms with Crippen molar-refractivity contribution in [2.45, 2.75) is 44.8 Å². The SMILES string of the molecule is CCCCC[C@H](N1CCNCC1)C(F)(F)F.Cl.Cl. The minimum absolute atomic E-state index is 0. The van der Waals surface area contributed by atoms with E-state index in [1.165, 1.54) is 0 Å². The molecule has 1 aliphatic rings. The van der Waals surface area contributed by atoms with E-state index in [4.69, 9.17) is 0 Å². The van der Waals surface area contributed by atoms with E-state index in [0.29, 0.717) is 32.6 Å². The van der Waals surface area contributed by atoms with Gasteiger partial charge in [0.15, 0.2) is 0 Å². The third-order valence-electron chi connectivity index (χ3n) is 3.05. The van der Waals surface area contributed by atoms with E-state index in [9.17, 15) is 13.2 Å². The Morgan fingerprint density at radius 2 is 1.67 bits per heavy atom. The van der Waals surface area contributed by atoms with Crippen LogP contribution in [-0.2, 0) is 0 Å². The van der Waals surface area contributed by atoms with Crippen molar-refractivity contribution >= 4 is 24.8 Å². The van der Waals surface area contributed by atoms with Crippen LogP contribution in [0.4, 0.5) is 13.2 Å². The van der Waals surface area contributed by atoms with Gasteiger partial charge in [-0.25, -0.2) is 0 Å². The molecule has 1 saturated heterocycles. The summed E-state index contributed by atoms with van der Waals surface area (Å²) in [5, 5.41) is 3.08. The van der Waals surface area contributed by atoms with Crippen molar-refractivity contribution in [3.05, 3.63) is 0 Å². The predicted molar refractivity (Wildman–Crippen MR) is 72.9 cm³/mol. The zero-order chi connectivity index (χ0) is 12.0. The van der Waals surface area contributed by atoms with Crippen molar-refractivity contribution < 1.29 is 13.2 Å². The van der Waals surface area contributed by atoms with Gasteiger partial charge in [0.05, 0.1) is 0 Å². The van der Waals surface area contributed by atoms with Gasteiger partial charge in [-0.3, -0.25) is 4.90 Å². The summed E-state index contributed by atoms with van der Waals surface area (Å²) in [5.41, 5.74) is 0. The van der Waals surface area contributed by atoms with Crippen LogP contribution >= 0.6 is 24.8 Å². The van der Waals surface area contributed by atoms with E-state index < -0.39 is 12.2 Å². The molecule has 0 aromatic heterocycles. The van der Waals surface area contributed by atoms with Crippen molar-refractivity contribution in [1.82, 2.24) is 10.2 Å². The monoisotopic (exact) mass is 310 g/mol. The van der Waals surface area contributed by atoms with Crippen LogP contribution in [0.5, 0.6) is 0 Å². The van der Waals surface area contributed by atoms with Gasteiger partial charge in [0.1, 0.15) is 6.04 Å². The number of alkyl halides is 3. The maximum atomic E-state index is 12.9. The first-order valence-electron chi connectivity index (χ1n) is 6.07. The van der Waals surface area contributed by atoms with Crippen LogP contribution in [0.25, 0.3) is 0 Å². The lowest BCUT2D eigenvalue weighted by Gasteiger charge is -2.36. The first-order chi connectivity index (χ1) is 7.55. The highest BCUT2D eigenvalue weighted by Crippen LogP contribution is 2.29. The van der Waals surface area contributed by atoms with Gasteiger partial charge in [-0.15, -0.1) is 24.8 Å². The van der Waals surface area contributed by atoms with Crippen LogP contribution in [0.15, 0.2) is 0 Å². The van der Waals surface area contributed by atoms with Crippen LogP contribution < -0.4 is 5.32 Å². The minimum Gasteiger partial charge on any atom is -0.314 e. The van der Waals surface area contributed by atoms with Gasteiger partial charge in [0.2, 0.25) is 0 Å². The molecule has 0 spiro atoms. The zero-order valence-corrected chi connectivity index (χ0v) is 12.3. The highest BCUT2D eigenvalue weighted by Gasteiger charge is 2.42. The van der Waals surface area contributed by atoms with E-state index in [1.807, 2.05) is 6.92 Å². The molecule has 0 aromatic carbocycles. The Balaban J connectivity index is 0. The average molecular weight is 311 g/mol. The highest BCUT2D eigenvalue weighted by molar-refractivity contribution is 5.85. The van der Waals surface area contributed by atoms with Gasteiger partial charge >= 0.3 is 6.18 Å². The molecule has 2 nitrogen and oxygen atoms in total. The first-order valence-corrected chi connectivity index (χ1v) is 6.07. The quantitative estimate of drug-likeness (QED) is 0.784. The predicted octanol–water partition coefficient (Wildman–Crippen LogP) is 3.25. The molecule has 0 unspecified atom stereocenters. The van der Waals surface area contributed by atoms with Gasteiger partial charge in [0, 0.05) is 26.2 Å². The number of hydrogen-bond acceptors (Lipinski definition) is 2. The fourth-order valence-electron chi connectivity index (χ4n) is 2.13. The second kappa shape index (κ2) is 10.1. The summed E-state index contributed by atoms with van der Waals surface area (Å²) in [5.74, 6) is 0. The lowest BCUT2D eigenvalue weighted by atomic mass is 10.1. The molecule has 18 heavy (non-hydrogen) atoms. The van der Waals surface area contributed by atoms with Crippen molar-refractivity contribution in [3.63, 3.8) is 0 Å². The van der Waals surface area contributed by atoms with Gasteiger partial charge in [-0.1, -0.05) is 26.2 Å². The second-order valence-electron chi connectivity index (χ2n) is 4.34. The largest absolute Gasteiger partial charge is 0.404 e. The summed E-state index contributed by atoms with van der Waals surface area (Å²) >= 11 is 0. The Bertz CT molecular complexity index is 197. The smallest absolute Gasteiger partial charge is 0.314 e. The number of nitrogens with zero attached hydrogens (tertiary/aromatic N) is 1. The third-order valence-corrected chi connectivity index (χ3v) is 3.05. The fourth-order valence-corrected chi connectivity index (χ4v) is 2.13. The lowest BCUT2D eigenvalue weighted by molar-refractivity contribution is -0.187. The van der Waals surface area contributed by atoms with Crippen molar-refractivity contribution in [2.75, 3.05) is 26.2 Å². The van der Waals surface area contributed by atoms with Crippen molar-refractivity contribution in [3.8, 4) is 0 Å². The maximum absolute atomic E-state index is 12.9. The molecule has 1 fully saturated rings. The maximum Gasteiger partial charge on any atom is 0.404 e. The molecule has 0 aromatic rings. The van der Waals surface area contributed by atoms with Crippen LogP contribution in [0, 0.1) is 0 Å². The highest BCUT2D eigenvalue weighted by atomic mass is 35.5. The summed E-state index contributed by atoms with van der Waals surface area (Å²) in [7, 11) is 0. The van der Waals surface area contributed by atoms with Crippen molar-refractivity contribution in [2.24, 2.45) is 0 Å². The van der Waals surface area contributed by atoms with E-state index in [-0.39, 0.29) is 31.2 Å². The molecule has 0 amide bonds.